The standard InChI is InChI=1S/C11H17NO5S2/c1-3-12(8-9-13)19(16,17)11-6-4-10(5-7-11)18(2,14)15/h4-7,13H,3,8-9H2,1-2H3. The molecule has 0 saturated heterocycles. The average Bonchev–Trinajstić information content (AvgIpc) is 2.34. The SMILES string of the molecule is CCN(CCO)S(=O)(=O)c1ccc(S(C)(=O)=O)cc1. The van der Waals surface area contributed by atoms with Gasteiger partial charge in [-0.15, -0.1) is 0 Å². The number of benzene rings is 1. The molecule has 0 bridgehead atoms. The van der Waals surface area contributed by atoms with E-state index in [1.807, 2.05) is 0 Å². The van der Waals surface area contributed by atoms with Gasteiger partial charge in [0.15, 0.2) is 9.84 Å². The molecule has 1 rings (SSSR count). The van der Waals surface area contributed by atoms with Crippen molar-refractivity contribution in [1.82, 2.24) is 4.31 Å². The summed E-state index contributed by atoms with van der Waals surface area (Å²) in [6.45, 7) is 1.63. The monoisotopic (exact) mass is 307 g/mol. The topological polar surface area (TPSA) is 91.8 Å². The molecule has 0 fully saturated rings. The van der Waals surface area contributed by atoms with E-state index in [0.29, 0.717) is 0 Å². The summed E-state index contributed by atoms with van der Waals surface area (Å²) in [5.74, 6) is 0. The Morgan fingerprint density at radius 2 is 1.53 bits per heavy atom. The molecule has 0 saturated carbocycles. The minimum atomic E-state index is -3.70. The zero-order chi connectivity index (χ0) is 14.7. The molecule has 0 radical (unpaired) electrons. The van der Waals surface area contributed by atoms with Crippen molar-refractivity contribution in [2.24, 2.45) is 0 Å². The highest BCUT2D eigenvalue weighted by Gasteiger charge is 2.22. The first-order valence-corrected chi connectivity index (χ1v) is 8.97. The van der Waals surface area contributed by atoms with Crippen LogP contribution in [-0.4, -0.2) is 52.2 Å². The molecule has 0 aromatic heterocycles. The molecule has 1 aromatic carbocycles. The van der Waals surface area contributed by atoms with E-state index in [9.17, 15) is 16.8 Å². The first kappa shape index (κ1) is 16.1. The van der Waals surface area contributed by atoms with Crippen LogP contribution < -0.4 is 0 Å². The first-order chi connectivity index (χ1) is 8.73. The molecule has 1 aromatic rings. The largest absolute Gasteiger partial charge is 0.395 e. The summed E-state index contributed by atoms with van der Waals surface area (Å²) in [5.41, 5.74) is 0. The molecule has 0 aliphatic carbocycles. The highest BCUT2D eigenvalue weighted by atomic mass is 32.2. The average molecular weight is 307 g/mol. The van der Waals surface area contributed by atoms with Gasteiger partial charge in [-0.25, -0.2) is 16.8 Å². The third kappa shape index (κ3) is 3.75. The van der Waals surface area contributed by atoms with Gasteiger partial charge in [-0.2, -0.15) is 4.31 Å². The van der Waals surface area contributed by atoms with E-state index in [4.69, 9.17) is 5.11 Å². The van der Waals surface area contributed by atoms with Gasteiger partial charge in [0.2, 0.25) is 10.0 Å². The van der Waals surface area contributed by atoms with Crippen LogP contribution in [0.4, 0.5) is 0 Å². The second-order valence-corrected chi connectivity index (χ2v) is 7.92. The third-order valence-electron chi connectivity index (χ3n) is 2.59. The molecule has 0 unspecified atom stereocenters. The summed E-state index contributed by atoms with van der Waals surface area (Å²) < 4.78 is 48.1. The summed E-state index contributed by atoms with van der Waals surface area (Å²) >= 11 is 0. The van der Waals surface area contributed by atoms with Crippen LogP contribution in [0.15, 0.2) is 34.1 Å². The molecule has 1 N–H and O–H groups in total. The Morgan fingerprint density at radius 1 is 1.05 bits per heavy atom. The van der Waals surface area contributed by atoms with Gasteiger partial charge in [-0.05, 0) is 24.3 Å². The van der Waals surface area contributed by atoms with Crippen molar-refractivity contribution < 1.29 is 21.9 Å². The highest BCUT2D eigenvalue weighted by molar-refractivity contribution is 7.90. The van der Waals surface area contributed by atoms with E-state index in [0.717, 1.165) is 10.6 Å². The molecule has 0 spiro atoms. The van der Waals surface area contributed by atoms with Crippen molar-refractivity contribution in [3.63, 3.8) is 0 Å². The molecule has 0 aliphatic rings. The molecule has 0 heterocycles. The zero-order valence-electron chi connectivity index (χ0n) is 10.8. The van der Waals surface area contributed by atoms with Crippen LogP contribution in [0.5, 0.6) is 0 Å². The minimum absolute atomic E-state index is 0.00661. The Bertz CT molecular complexity index is 620. The van der Waals surface area contributed by atoms with E-state index < -0.39 is 19.9 Å². The molecule has 19 heavy (non-hydrogen) atoms. The van der Waals surface area contributed by atoms with Crippen molar-refractivity contribution in [2.45, 2.75) is 16.7 Å². The van der Waals surface area contributed by atoms with Crippen molar-refractivity contribution >= 4 is 19.9 Å². The zero-order valence-corrected chi connectivity index (χ0v) is 12.4. The van der Waals surface area contributed by atoms with Gasteiger partial charge in [-0.3, -0.25) is 0 Å². The lowest BCUT2D eigenvalue weighted by Gasteiger charge is -2.19. The second-order valence-electron chi connectivity index (χ2n) is 3.96. The quantitative estimate of drug-likeness (QED) is 0.804. The number of sulfonamides is 1. The third-order valence-corrected chi connectivity index (χ3v) is 5.71. The molecule has 8 heteroatoms. The van der Waals surface area contributed by atoms with Gasteiger partial charge in [0.05, 0.1) is 16.4 Å². The van der Waals surface area contributed by atoms with Gasteiger partial charge >= 0.3 is 0 Å². The van der Waals surface area contributed by atoms with Crippen LogP contribution in [0.25, 0.3) is 0 Å². The van der Waals surface area contributed by atoms with Crippen molar-refractivity contribution in [1.29, 1.82) is 0 Å². The number of likely N-dealkylation sites (N-methyl/N-ethyl adjacent to an activating group) is 1. The Hall–Kier alpha value is -0.960. The molecule has 0 aliphatic heterocycles. The van der Waals surface area contributed by atoms with Gasteiger partial charge in [0.25, 0.3) is 0 Å². The summed E-state index contributed by atoms with van der Waals surface area (Å²) in [6, 6.07) is 5.03. The van der Waals surface area contributed by atoms with Crippen molar-refractivity contribution in [2.75, 3.05) is 26.0 Å². The molecule has 0 atom stereocenters. The lowest BCUT2D eigenvalue weighted by atomic mass is 10.4. The Labute approximate surface area is 113 Å². The van der Waals surface area contributed by atoms with Gasteiger partial charge in [-0.1, -0.05) is 6.92 Å². The fourth-order valence-corrected chi connectivity index (χ4v) is 3.64. The van der Waals surface area contributed by atoms with Crippen LogP contribution in [-0.2, 0) is 19.9 Å². The van der Waals surface area contributed by atoms with Crippen molar-refractivity contribution in [3.8, 4) is 0 Å². The molecule has 0 amide bonds. The van der Waals surface area contributed by atoms with Crippen LogP contribution >= 0.6 is 0 Å². The van der Waals surface area contributed by atoms with Crippen LogP contribution in [0, 0.1) is 0 Å². The predicted molar refractivity (Wildman–Crippen MR) is 71.1 cm³/mol. The summed E-state index contributed by atoms with van der Waals surface area (Å²) in [6.07, 6.45) is 1.06. The predicted octanol–water partition coefficient (Wildman–Crippen LogP) is 0.0930. The number of nitrogens with zero attached hydrogens (tertiary/aromatic N) is 1. The first-order valence-electron chi connectivity index (χ1n) is 5.64. The smallest absolute Gasteiger partial charge is 0.243 e. The number of hydrogen-bond donors (Lipinski definition) is 1. The van der Waals surface area contributed by atoms with Gasteiger partial charge in [0, 0.05) is 19.3 Å². The van der Waals surface area contributed by atoms with Gasteiger partial charge < -0.3 is 5.11 Å². The number of sulfone groups is 1. The van der Waals surface area contributed by atoms with Crippen LogP contribution in [0.1, 0.15) is 6.92 Å². The van der Waals surface area contributed by atoms with Gasteiger partial charge in [0.1, 0.15) is 0 Å². The molecular formula is C11H17NO5S2. The second kappa shape index (κ2) is 6.00. The Kier molecular flexibility index (Phi) is 5.08. The maximum atomic E-state index is 12.2. The minimum Gasteiger partial charge on any atom is -0.395 e. The van der Waals surface area contributed by atoms with E-state index in [2.05, 4.69) is 0 Å². The molecule has 6 nitrogen and oxygen atoms in total. The van der Waals surface area contributed by atoms with E-state index in [-0.39, 0.29) is 29.5 Å². The maximum absolute atomic E-state index is 12.2. The number of aliphatic hydroxyl groups is 1. The van der Waals surface area contributed by atoms with E-state index in [1.165, 1.54) is 24.3 Å². The normalized spacial score (nSPS) is 12.8. The molecule has 108 valence electrons. The van der Waals surface area contributed by atoms with Crippen molar-refractivity contribution in [3.05, 3.63) is 24.3 Å². The summed E-state index contributed by atoms with van der Waals surface area (Å²) in [4.78, 5) is 0.0758. The van der Waals surface area contributed by atoms with E-state index in [1.54, 1.807) is 6.92 Å². The number of rotatable bonds is 6. The maximum Gasteiger partial charge on any atom is 0.243 e. The van der Waals surface area contributed by atoms with Crippen LogP contribution in [0.2, 0.25) is 0 Å². The van der Waals surface area contributed by atoms with Crippen LogP contribution in [0.3, 0.4) is 0 Å². The number of aliphatic hydroxyl groups excluding tert-OH is 1. The highest BCUT2D eigenvalue weighted by Crippen LogP contribution is 2.18. The fourth-order valence-electron chi connectivity index (χ4n) is 1.57. The Balaban J connectivity index is 3.16. The molecular weight excluding hydrogens is 290 g/mol. The number of hydrogen-bond acceptors (Lipinski definition) is 5. The summed E-state index contributed by atoms with van der Waals surface area (Å²) in [5, 5.41) is 8.84. The summed E-state index contributed by atoms with van der Waals surface area (Å²) in [7, 11) is -7.05. The fraction of sp³-hybridized carbons (Fsp3) is 0.455. The van der Waals surface area contributed by atoms with E-state index >= 15 is 0 Å². The Morgan fingerprint density at radius 3 is 1.89 bits per heavy atom. The lowest BCUT2D eigenvalue weighted by Crippen LogP contribution is -2.33. The lowest BCUT2D eigenvalue weighted by molar-refractivity contribution is 0.257.